The molecule has 2 heterocycles. The second kappa shape index (κ2) is 5.23. The normalized spacial score (nSPS) is 34.5. The Hall–Kier alpha value is -2.04. The number of rotatable bonds is 1. The molecular weight excluding hydrogens is 304 g/mol. The zero-order chi connectivity index (χ0) is 16.9. The minimum Gasteiger partial charge on any atom is -0.493 e. The molecule has 0 saturated heterocycles. The molecule has 0 spiro atoms. The second-order valence-electron chi connectivity index (χ2n) is 6.95. The Morgan fingerprint density at radius 1 is 0.750 bits per heavy atom. The lowest BCUT2D eigenvalue weighted by atomic mass is 9.61. The fraction of sp³-hybridized carbons (Fsp3) is 0.400. The van der Waals surface area contributed by atoms with Gasteiger partial charge in [-0.15, -0.1) is 0 Å². The van der Waals surface area contributed by atoms with Crippen LogP contribution in [0.25, 0.3) is 0 Å². The van der Waals surface area contributed by atoms with Crippen LogP contribution in [0.5, 0.6) is 11.5 Å². The van der Waals surface area contributed by atoms with Gasteiger partial charge >= 0.3 is 0 Å². The maximum Gasteiger partial charge on any atom is 0.132 e. The zero-order valence-electron chi connectivity index (χ0n) is 13.9. The third-order valence-corrected chi connectivity index (χ3v) is 5.58. The molecule has 2 aliphatic rings. The van der Waals surface area contributed by atoms with Gasteiger partial charge in [0.15, 0.2) is 0 Å². The maximum atomic E-state index is 11.9. The van der Waals surface area contributed by atoms with Crippen molar-refractivity contribution in [2.24, 2.45) is 11.8 Å². The highest BCUT2D eigenvalue weighted by atomic mass is 16.5. The Labute approximate surface area is 141 Å². The summed E-state index contributed by atoms with van der Waals surface area (Å²) in [5.74, 6) is 0.711. The monoisotopic (exact) mass is 326 g/mol. The quantitative estimate of drug-likeness (QED) is 0.846. The highest BCUT2D eigenvalue weighted by molar-refractivity contribution is 5.49. The molecule has 126 valence electrons. The van der Waals surface area contributed by atoms with Gasteiger partial charge in [-0.2, -0.15) is 0 Å². The summed E-state index contributed by atoms with van der Waals surface area (Å²) in [6.45, 7) is 4.54. The van der Waals surface area contributed by atoms with Crippen molar-refractivity contribution in [3.05, 3.63) is 59.7 Å². The topological polar surface area (TPSA) is 58.9 Å². The number of fused-ring (bicyclic) bond motifs is 2. The van der Waals surface area contributed by atoms with E-state index >= 15 is 0 Å². The van der Waals surface area contributed by atoms with Crippen LogP contribution in [-0.2, 0) is 11.2 Å². The maximum absolute atomic E-state index is 11.9. The van der Waals surface area contributed by atoms with E-state index in [1.807, 2.05) is 62.4 Å². The molecule has 0 aliphatic carbocycles. The standard InChI is InChI=1S/C20H22O4/c1-13-11-23-17-9-5-3-7-15(17)19(13,21)20(22)14(2)12-24-18-10-6-4-8-16(18)20/h3-10,13-14,21-22H,11-12H2,1-2H3. The Morgan fingerprint density at radius 3 is 1.54 bits per heavy atom. The fourth-order valence-electron chi connectivity index (χ4n) is 4.18. The lowest BCUT2D eigenvalue weighted by Gasteiger charge is -2.54. The molecule has 2 N–H and O–H groups in total. The molecule has 24 heavy (non-hydrogen) atoms. The number of ether oxygens (including phenoxy) is 2. The summed E-state index contributed by atoms with van der Waals surface area (Å²) in [6, 6.07) is 14.8. The molecule has 0 fully saturated rings. The predicted molar refractivity (Wildman–Crippen MR) is 90.0 cm³/mol. The van der Waals surface area contributed by atoms with Crippen molar-refractivity contribution in [1.29, 1.82) is 0 Å². The predicted octanol–water partition coefficient (Wildman–Crippen LogP) is 2.82. The van der Waals surface area contributed by atoms with Gasteiger partial charge in [0, 0.05) is 23.0 Å². The Bertz CT molecular complexity index is 708. The molecule has 0 radical (unpaired) electrons. The van der Waals surface area contributed by atoms with Crippen LogP contribution >= 0.6 is 0 Å². The van der Waals surface area contributed by atoms with Crippen LogP contribution in [0.4, 0.5) is 0 Å². The molecular formula is C20H22O4. The van der Waals surface area contributed by atoms with Gasteiger partial charge in [0.2, 0.25) is 0 Å². The molecule has 2 aliphatic heterocycles. The summed E-state index contributed by atoms with van der Waals surface area (Å²) >= 11 is 0. The van der Waals surface area contributed by atoms with E-state index in [1.54, 1.807) is 0 Å². The molecule has 4 rings (SSSR count). The SMILES string of the molecule is CC1COc2ccccc2C1(O)C1(O)c2ccccc2OCC1C. The summed E-state index contributed by atoms with van der Waals surface area (Å²) < 4.78 is 11.6. The minimum absolute atomic E-state index is 0.272. The van der Waals surface area contributed by atoms with Gasteiger partial charge in [0.1, 0.15) is 22.7 Å². The van der Waals surface area contributed by atoms with Crippen LogP contribution in [0.15, 0.2) is 48.5 Å². The lowest BCUT2D eigenvalue weighted by Crippen LogP contribution is -2.61. The molecule has 0 bridgehead atoms. The molecule has 2 aromatic rings. The summed E-state index contributed by atoms with van der Waals surface area (Å²) in [6.07, 6.45) is 0. The number of hydrogen-bond donors (Lipinski definition) is 2. The Kier molecular flexibility index (Phi) is 3.37. The summed E-state index contributed by atoms with van der Waals surface area (Å²) in [5.41, 5.74) is -1.65. The third-order valence-electron chi connectivity index (χ3n) is 5.58. The highest BCUT2D eigenvalue weighted by Crippen LogP contribution is 2.57. The molecule has 0 saturated carbocycles. The molecule has 2 aromatic carbocycles. The van der Waals surface area contributed by atoms with Gasteiger partial charge in [0.25, 0.3) is 0 Å². The van der Waals surface area contributed by atoms with E-state index in [4.69, 9.17) is 9.47 Å². The van der Waals surface area contributed by atoms with E-state index in [9.17, 15) is 10.2 Å². The average Bonchev–Trinajstić information content (AvgIpc) is 2.62. The van der Waals surface area contributed by atoms with E-state index in [0.717, 1.165) is 0 Å². The van der Waals surface area contributed by atoms with E-state index in [0.29, 0.717) is 35.8 Å². The molecule has 4 nitrogen and oxygen atoms in total. The zero-order valence-corrected chi connectivity index (χ0v) is 13.9. The van der Waals surface area contributed by atoms with Crippen LogP contribution in [-0.4, -0.2) is 23.4 Å². The van der Waals surface area contributed by atoms with Crippen molar-refractivity contribution >= 4 is 0 Å². The van der Waals surface area contributed by atoms with E-state index < -0.39 is 11.2 Å². The first-order chi connectivity index (χ1) is 11.5. The molecule has 4 atom stereocenters. The van der Waals surface area contributed by atoms with Crippen molar-refractivity contribution in [2.45, 2.75) is 25.0 Å². The van der Waals surface area contributed by atoms with Crippen LogP contribution in [0, 0.1) is 11.8 Å². The smallest absolute Gasteiger partial charge is 0.132 e. The summed E-state index contributed by atoms with van der Waals surface area (Å²) in [7, 11) is 0. The van der Waals surface area contributed by atoms with E-state index in [2.05, 4.69) is 0 Å². The Morgan fingerprint density at radius 2 is 1.12 bits per heavy atom. The van der Waals surface area contributed by atoms with Crippen LogP contribution in [0.3, 0.4) is 0 Å². The molecule has 0 amide bonds. The van der Waals surface area contributed by atoms with Crippen LogP contribution in [0.1, 0.15) is 25.0 Å². The van der Waals surface area contributed by atoms with Crippen LogP contribution < -0.4 is 9.47 Å². The van der Waals surface area contributed by atoms with E-state index in [-0.39, 0.29) is 11.8 Å². The molecule has 4 heteroatoms. The van der Waals surface area contributed by atoms with Crippen LogP contribution in [0.2, 0.25) is 0 Å². The largest absolute Gasteiger partial charge is 0.493 e. The van der Waals surface area contributed by atoms with Gasteiger partial charge in [0.05, 0.1) is 13.2 Å². The van der Waals surface area contributed by atoms with E-state index in [1.165, 1.54) is 0 Å². The molecule has 4 unspecified atom stereocenters. The minimum atomic E-state index is -1.46. The third kappa shape index (κ3) is 1.81. The summed E-state index contributed by atoms with van der Waals surface area (Å²) in [5, 5.41) is 23.8. The van der Waals surface area contributed by atoms with Gasteiger partial charge < -0.3 is 19.7 Å². The number of para-hydroxylation sites is 2. The van der Waals surface area contributed by atoms with Crippen molar-refractivity contribution in [3.63, 3.8) is 0 Å². The van der Waals surface area contributed by atoms with Crippen molar-refractivity contribution in [3.8, 4) is 11.5 Å². The first kappa shape index (κ1) is 15.5. The number of hydrogen-bond acceptors (Lipinski definition) is 4. The van der Waals surface area contributed by atoms with Gasteiger partial charge in [-0.1, -0.05) is 50.2 Å². The van der Waals surface area contributed by atoms with Crippen molar-refractivity contribution in [2.75, 3.05) is 13.2 Å². The highest BCUT2D eigenvalue weighted by Gasteiger charge is 2.62. The first-order valence-electron chi connectivity index (χ1n) is 8.39. The second-order valence-corrected chi connectivity index (χ2v) is 6.95. The van der Waals surface area contributed by atoms with Crippen molar-refractivity contribution < 1.29 is 19.7 Å². The average molecular weight is 326 g/mol. The number of aliphatic hydroxyl groups is 2. The fourth-order valence-corrected chi connectivity index (χ4v) is 4.18. The van der Waals surface area contributed by atoms with Gasteiger partial charge in [-0.3, -0.25) is 0 Å². The first-order valence-corrected chi connectivity index (χ1v) is 8.39. The lowest BCUT2D eigenvalue weighted by molar-refractivity contribution is -0.237. The van der Waals surface area contributed by atoms with Crippen molar-refractivity contribution in [1.82, 2.24) is 0 Å². The summed E-state index contributed by atoms with van der Waals surface area (Å²) in [4.78, 5) is 0. The molecule has 0 aromatic heterocycles. The Balaban J connectivity index is 2.00. The van der Waals surface area contributed by atoms with Gasteiger partial charge in [-0.25, -0.2) is 0 Å². The van der Waals surface area contributed by atoms with Gasteiger partial charge in [-0.05, 0) is 12.1 Å². The number of benzene rings is 2.